The molecule has 0 fully saturated rings. The zero-order valence-electron chi connectivity index (χ0n) is 12.9. The molecule has 1 aromatic carbocycles. The predicted molar refractivity (Wildman–Crippen MR) is 84.7 cm³/mol. The SMILES string of the molecule is Cc1cccn2cc(CNc3ccccc3[C@H](O)C(F)(F)F)nc12. The molecule has 1 atom stereocenters. The summed E-state index contributed by atoms with van der Waals surface area (Å²) < 4.78 is 40.2. The molecule has 0 aliphatic heterocycles. The van der Waals surface area contributed by atoms with Gasteiger partial charge in [0.2, 0.25) is 0 Å². The molecule has 2 aromatic heterocycles. The normalized spacial score (nSPS) is 13.2. The molecule has 24 heavy (non-hydrogen) atoms. The summed E-state index contributed by atoms with van der Waals surface area (Å²) in [5.74, 6) is 0. The minimum Gasteiger partial charge on any atom is -0.379 e. The number of aromatic nitrogens is 2. The Hall–Kier alpha value is -2.54. The highest BCUT2D eigenvalue weighted by Crippen LogP contribution is 2.36. The molecule has 7 heteroatoms. The second-order valence-corrected chi connectivity index (χ2v) is 5.54. The Labute approximate surface area is 136 Å². The number of hydrogen-bond acceptors (Lipinski definition) is 3. The van der Waals surface area contributed by atoms with Gasteiger partial charge in [-0.3, -0.25) is 0 Å². The number of pyridine rings is 1. The number of halogens is 3. The fourth-order valence-electron chi connectivity index (χ4n) is 2.55. The van der Waals surface area contributed by atoms with E-state index in [2.05, 4.69) is 10.3 Å². The number of aliphatic hydroxyl groups excluding tert-OH is 1. The molecule has 2 N–H and O–H groups in total. The third-order valence-electron chi connectivity index (χ3n) is 3.75. The molecular formula is C17H16F3N3O. The Balaban J connectivity index is 1.83. The van der Waals surface area contributed by atoms with Crippen LogP contribution in [0.25, 0.3) is 5.65 Å². The number of para-hydroxylation sites is 1. The Bertz CT molecular complexity index is 858. The van der Waals surface area contributed by atoms with E-state index in [1.165, 1.54) is 18.2 Å². The molecule has 0 spiro atoms. The van der Waals surface area contributed by atoms with E-state index in [9.17, 15) is 18.3 Å². The highest BCUT2D eigenvalue weighted by Gasteiger charge is 2.40. The number of rotatable bonds is 4. The predicted octanol–water partition coefficient (Wildman–Crippen LogP) is 3.85. The molecule has 2 heterocycles. The van der Waals surface area contributed by atoms with E-state index in [0.717, 1.165) is 11.2 Å². The van der Waals surface area contributed by atoms with Crippen molar-refractivity contribution in [3.63, 3.8) is 0 Å². The van der Waals surface area contributed by atoms with Gasteiger partial charge in [0.25, 0.3) is 0 Å². The number of alkyl halides is 3. The van der Waals surface area contributed by atoms with Crippen molar-refractivity contribution in [2.45, 2.75) is 25.7 Å². The molecule has 126 valence electrons. The summed E-state index contributed by atoms with van der Waals surface area (Å²) in [5, 5.41) is 12.4. The molecule has 0 aliphatic carbocycles. The van der Waals surface area contributed by atoms with Crippen LogP contribution in [0, 0.1) is 6.92 Å². The highest BCUT2D eigenvalue weighted by atomic mass is 19.4. The van der Waals surface area contributed by atoms with Gasteiger partial charge in [0, 0.05) is 23.6 Å². The lowest BCUT2D eigenvalue weighted by atomic mass is 10.1. The molecule has 0 saturated heterocycles. The maximum Gasteiger partial charge on any atom is 0.418 e. The zero-order chi connectivity index (χ0) is 17.3. The summed E-state index contributed by atoms with van der Waals surface area (Å²) in [6, 6.07) is 9.68. The van der Waals surface area contributed by atoms with Crippen LogP contribution in [-0.2, 0) is 6.54 Å². The lowest BCUT2D eigenvalue weighted by Gasteiger charge is -2.18. The lowest BCUT2D eigenvalue weighted by molar-refractivity contribution is -0.206. The van der Waals surface area contributed by atoms with Crippen LogP contribution in [-0.4, -0.2) is 20.7 Å². The second kappa shape index (κ2) is 6.16. The van der Waals surface area contributed by atoms with Crippen LogP contribution in [0.4, 0.5) is 18.9 Å². The Morgan fingerprint density at radius 3 is 2.67 bits per heavy atom. The summed E-state index contributed by atoms with van der Waals surface area (Å²) in [7, 11) is 0. The van der Waals surface area contributed by atoms with Crippen LogP contribution in [0.1, 0.15) is 22.9 Å². The number of fused-ring (bicyclic) bond motifs is 1. The molecule has 3 rings (SSSR count). The molecule has 0 amide bonds. The van der Waals surface area contributed by atoms with Gasteiger partial charge in [-0.05, 0) is 24.6 Å². The Kier molecular flexibility index (Phi) is 4.19. The van der Waals surface area contributed by atoms with E-state index in [0.29, 0.717) is 5.69 Å². The quantitative estimate of drug-likeness (QED) is 0.761. The molecule has 0 unspecified atom stereocenters. The van der Waals surface area contributed by atoms with E-state index in [1.54, 1.807) is 6.07 Å². The summed E-state index contributed by atoms with van der Waals surface area (Å²) in [5.41, 5.74) is 2.54. The number of hydrogen-bond donors (Lipinski definition) is 2. The van der Waals surface area contributed by atoms with Gasteiger partial charge in [-0.15, -0.1) is 0 Å². The third-order valence-corrected chi connectivity index (χ3v) is 3.75. The molecule has 4 nitrogen and oxygen atoms in total. The van der Waals surface area contributed by atoms with Gasteiger partial charge in [0.1, 0.15) is 5.65 Å². The van der Waals surface area contributed by atoms with Gasteiger partial charge in [0.05, 0.1) is 12.2 Å². The van der Waals surface area contributed by atoms with E-state index < -0.39 is 12.3 Å². The Morgan fingerprint density at radius 1 is 1.21 bits per heavy atom. The van der Waals surface area contributed by atoms with E-state index in [-0.39, 0.29) is 17.8 Å². The first-order chi connectivity index (χ1) is 11.4. The van der Waals surface area contributed by atoms with Gasteiger partial charge in [0.15, 0.2) is 6.10 Å². The van der Waals surface area contributed by atoms with Gasteiger partial charge >= 0.3 is 6.18 Å². The highest BCUT2D eigenvalue weighted by molar-refractivity contribution is 5.53. The first-order valence-electron chi connectivity index (χ1n) is 7.37. The molecule has 3 aromatic rings. The van der Waals surface area contributed by atoms with Crippen molar-refractivity contribution < 1.29 is 18.3 Å². The first kappa shape index (κ1) is 16.3. The van der Waals surface area contributed by atoms with E-state index in [4.69, 9.17) is 0 Å². The van der Waals surface area contributed by atoms with Crippen LogP contribution < -0.4 is 5.32 Å². The van der Waals surface area contributed by atoms with Crippen LogP contribution >= 0.6 is 0 Å². The molecule has 0 saturated carbocycles. The minimum atomic E-state index is -4.71. The fourth-order valence-corrected chi connectivity index (χ4v) is 2.55. The smallest absolute Gasteiger partial charge is 0.379 e. The summed E-state index contributed by atoms with van der Waals surface area (Å²) >= 11 is 0. The standard InChI is InChI=1S/C17H16F3N3O/c1-11-5-4-8-23-10-12(22-16(11)23)9-21-14-7-3-2-6-13(14)15(24)17(18,19)20/h2-8,10,15,21,24H,9H2,1H3/t15-/m0/s1. The maximum atomic E-state index is 12.8. The van der Waals surface area contributed by atoms with Crippen molar-refractivity contribution in [2.75, 3.05) is 5.32 Å². The molecular weight excluding hydrogens is 319 g/mol. The van der Waals surface area contributed by atoms with Crippen molar-refractivity contribution in [2.24, 2.45) is 0 Å². The topological polar surface area (TPSA) is 49.6 Å². The van der Waals surface area contributed by atoms with Gasteiger partial charge < -0.3 is 14.8 Å². The first-order valence-corrected chi connectivity index (χ1v) is 7.37. The van der Waals surface area contributed by atoms with Crippen molar-refractivity contribution in [3.05, 3.63) is 65.6 Å². The molecule has 0 aliphatic rings. The lowest BCUT2D eigenvalue weighted by Crippen LogP contribution is -2.21. The van der Waals surface area contributed by atoms with Crippen LogP contribution in [0.3, 0.4) is 0 Å². The third kappa shape index (κ3) is 3.21. The van der Waals surface area contributed by atoms with Gasteiger partial charge in [-0.2, -0.15) is 13.2 Å². The largest absolute Gasteiger partial charge is 0.418 e. The second-order valence-electron chi connectivity index (χ2n) is 5.54. The number of aliphatic hydroxyl groups is 1. The Morgan fingerprint density at radius 2 is 1.96 bits per heavy atom. The molecule has 0 radical (unpaired) electrons. The van der Waals surface area contributed by atoms with Crippen LogP contribution in [0.15, 0.2) is 48.8 Å². The summed E-state index contributed by atoms with van der Waals surface area (Å²) in [6.07, 6.45) is -3.56. The summed E-state index contributed by atoms with van der Waals surface area (Å²) in [6.45, 7) is 2.19. The van der Waals surface area contributed by atoms with E-state index >= 15 is 0 Å². The van der Waals surface area contributed by atoms with Crippen molar-refractivity contribution >= 4 is 11.3 Å². The number of aryl methyl sites for hydroxylation is 1. The number of nitrogens with one attached hydrogen (secondary N) is 1. The van der Waals surface area contributed by atoms with E-state index in [1.807, 2.05) is 35.9 Å². The van der Waals surface area contributed by atoms with Crippen LogP contribution in [0.2, 0.25) is 0 Å². The number of anilines is 1. The number of nitrogens with zero attached hydrogens (tertiary/aromatic N) is 2. The zero-order valence-corrected chi connectivity index (χ0v) is 12.9. The minimum absolute atomic E-state index is 0.204. The average Bonchev–Trinajstić information content (AvgIpc) is 2.96. The average molecular weight is 335 g/mol. The van der Waals surface area contributed by atoms with Crippen molar-refractivity contribution in [1.82, 2.24) is 9.38 Å². The summed E-state index contributed by atoms with van der Waals surface area (Å²) in [4.78, 5) is 4.47. The van der Waals surface area contributed by atoms with Crippen LogP contribution in [0.5, 0.6) is 0 Å². The van der Waals surface area contributed by atoms with Gasteiger partial charge in [-0.1, -0.05) is 24.3 Å². The monoisotopic (exact) mass is 335 g/mol. The van der Waals surface area contributed by atoms with Gasteiger partial charge in [-0.25, -0.2) is 4.98 Å². The van der Waals surface area contributed by atoms with Crippen molar-refractivity contribution in [1.29, 1.82) is 0 Å². The van der Waals surface area contributed by atoms with Crippen molar-refractivity contribution in [3.8, 4) is 0 Å². The number of benzene rings is 1. The number of imidazole rings is 1. The maximum absolute atomic E-state index is 12.8. The fraction of sp³-hybridized carbons (Fsp3) is 0.235. The molecule has 0 bridgehead atoms.